The molecule has 3 nitrogen and oxygen atoms in total. The van der Waals surface area contributed by atoms with Gasteiger partial charge < -0.3 is 9.80 Å². The molecule has 182 valence electrons. The molecule has 0 atom stereocenters. The summed E-state index contributed by atoms with van der Waals surface area (Å²) in [6, 6.07) is 34.4. The highest BCUT2D eigenvalue weighted by atomic mass is 15.4. The normalized spacial score (nSPS) is 18.8. The Labute approximate surface area is 219 Å². The van der Waals surface area contributed by atoms with Gasteiger partial charge in [0, 0.05) is 31.9 Å². The number of rotatable bonds is 1. The standard InChI is InChI=1S/C34H31N3/c1-4-14-29-25(11-1)26-12-2-5-15-30(26)34(29)31-16-6-3-13-27(31)28-18-17-24(23-32(28)34)37-22-10-9-21-36-20-8-7-19-35-33(36)37/h1-6,11-18,23H,7-10,19-22H2. The lowest BCUT2D eigenvalue weighted by Gasteiger charge is -2.33. The minimum atomic E-state index is -0.286. The first kappa shape index (κ1) is 21.3. The van der Waals surface area contributed by atoms with Crippen molar-refractivity contribution in [1.29, 1.82) is 0 Å². The lowest BCUT2D eigenvalue weighted by molar-refractivity contribution is 0.412. The first-order valence-corrected chi connectivity index (χ1v) is 13.9. The van der Waals surface area contributed by atoms with Gasteiger partial charge in [0.15, 0.2) is 0 Å². The molecule has 4 aromatic carbocycles. The van der Waals surface area contributed by atoms with Gasteiger partial charge in [-0.1, -0.05) is 78.9 Å². The highest BCUT2D eigenvalue weighted by Gasteiger charge is 2.51. The van der Waals surface area contributed by atoms with Gasteiger partial charge in [0.05, 0.1) is 5.41 Å². The molecule has 0 amide bonds. The maximum Gasteiger partial charge on any atom is 0.201 e. The molecule has 3 heteroatoms. The Kier molecular flexibility index (Phi) is 4.64. The molecule has 1 spiro atoms. The number of guanidine groups is 1. The second-order valence-corrected chi connectivity index (χ2v) is 10.9. The van der Waals surface area contributed by atoms with Crippen molar-refractivity contribution in [3.63, 3.8) is 0 Å². The zero-order chi connectivity index (χ0) is 24.4. The summed E-state index contributed by atoms with van der Waals surface area (Å²) in [5.41, 5.74) is 12.1. The van der Waals surface area contributed by atoms with Gasteiger partial charge in [-0.25, -0.2) is 0 Å². The van der Waals surface area contributed by atoms with Gasteiger partial charge in [0.2, 0.25) is 5.96 Å². The number of anilines is 1. The van der Waals surface area contributed by atoms with Crippen LogP contribution in [-0.4, -0.2) is 37.0 Å². The third-order valence-electron chi connectivity index (χ3n) is 8.97. The zero-order valence-corrected chi connectivity index (χ0v) is 21.2. The highest BCUT2D eigenvalue weighted by Crippen LogP contribution is 2.63. The Bertz CT molecular complexity index is 1500. The van der Waals surface area contributed by atoms with Crippen LogP contribution in [0.15, 0.2) is 96.0 Å². The minimum Gasteiger partial charge on any atom is -0.343 e. The molecule has 0 N–H and O–H groups in total. The van der Waals surface area contributed by atoms with Crippen molar-refractivity contribution in [1.82, 2.24) is 4.90 Å². The van der Waals surface area contributed by atoms with Crippen LogP contribution in [0.2, 0.25) is 0 Å². The maximum absolute atomic E-state index is 5.13. The molecular weight excluding hydrogens is 450 g/mol. The van der Waals surface area contributed by atoms with E-state index in [0.717, 1.165) is 26.2 Å². The third kappa shape index (κ3) is 2.86. The van der Waals surface area contributed by atoms with Gasteiger partial charge >= 0.3 is 0 Å². The van der Waals surface area contributed by atoms with Crippen molar-refractivity contribution in [2.75, 3.05) is 31.1 Å². The first-order valence-electron chi connectivity index (χ1n) is 13.9. The van der Waals surface area contributed by atoms with E-state index in [1.807, 2.05) is 0 Å². The van der Waals surface area contributed by atoms with Crippen LogP contribution in [0.4, 0.5) is 5.69 Å². The highest BCUT2D eigenvalue weighted by molar-refractivity contribution is 5.99. The summed E-state index contributed by atoms with van der Waals surface area (Å²) < 4.78 is 0. The van der Waals surface area contributed by atoms with Gasteiger partial charge in [-0.3, -0.25) is 4.99 Å². The van der Waals surface area contributed by atoms with Crippen LogP contribution in [0.5, 0.6) is 0 Å². The van der Waals surface area contributed by atoms with Crippen LogP contribution in [0, 0.1) is 0 Å². The van der Waals surface area contributed by atoms with Crippen LogP contribution in [0.1, 0.15) is 47.9 Å². The van der Waals surface area contributed by atoms with E-state index >= 15 is 0 Å². The summed E-state index contributed by atoms with van der Waals surface area (Å²) in [6.45, 7) is 4.21. The SMILES string of the molecule is c1ccc2c(c1)-c1ccccc1C21c2ccccc2-c2ccc(N3CCCCN4CCCCN=C43)cc21. The van der Waals surface area contributed by atoms with E-state index in [1.54, 1.807) is 0 Å². The lowest BCUT2D eigenvalue weighted by Crippen LogP contribution is -2.43. The van der Waals surface area contributed by atoms with E-state index in [-0.39, 0.29) is 5.41 Å². The van der Waals surface area contributed by atoms with Crippen LogP contribution in [-0.2, 0) is 5.41 Å². The Morgan fingerprint density at radius 1 is 0.541 bits per heavy atom. The molecular formula is C34H31N3. The minimum absolute atomic E-state index is 0.286. The van der Waals surface area contributed by atoms with E-state index in [2.05, 4.69) is 101 Å². The second-order valence-electron chi connectivity index (χ2n) is 10.9. The zero-order valence-electron chi connectivity index (χ0n) is 21.2. The topological polar surface area (TPSA) is 18.8 Å². The molecule has 0 radical (unpaired) electrons. The number of aliphatic imine (C=N–C) groups is 1. The van der Waals surface area contributed by atoms with E-state index < -0.39 is 0 Å². The van der Waals surface area contributed by atoms with Crippen LogP contribution >= 0.6 is 0 Å². The van der Waals surface area contributed by atoms with Crippen molar-refractivity contribution in [2.24, 2.45) is 4.99 Å². The van der Waals surface area contributed by atoms with Crippen molar-refractivity contribution in [3.05, 3.63) is 113 Å². The summed E-state index contributed by atoms with van der Waals surface area (Å²) in [4.78, 5) is 10.2. The largest absolute Gasteiger partial charge is 0.343 e. The molecule has 2 heterocycles. The number of benzene rings is 4. The molecule has 0 bridgehead atoms. The first-order chi connectivity index (χ1) is 18.4. The summed E-state index contributed by atoms with van der Waals surface area (Å²) in [6.07, 6.45) is 4.85. The van der Waals surface area contributed by atoms with Crippen molar-refractivity contribution in [3.8, 4) is 22.3 Å². The molecule has 1 saturated heterocycles. The summed E-state index contributed by atoms with van der Waals surface area (Å²) in [7, 11) is 0. The van der Waals surface area contributed by atoms with Gasteiger partial charge in [0.1, 0.15) is 0 Å². The predicted octanol–water partition coefficient (Wildman–Crippen LogP) is 7.08. The van der Waals surface area contributed by atoms with Gasteiger partial charge in [0.25, 0.3) is 0 Å². The van der Waals surface area contributed by atoms with Gasteiger partial charge in [-0.15, -0.1) is 0 Å². The summed E-state index contributed by atoms with van der Waals surface area (Å²) in [5.74, 6) is 1.19. The summed E-state index contributed by atoms with van der Waals surface area (Å²) in [5, 5.41) is 0. The molecule has 2 aliphatic heterocycles. The smallest absolute Gasteiger partial charge is 0.201 e. The van der Waals surface area contributed by atoms with E-state index in [4.69, 9.17) is 4.99 Å². The molecule has 4 aliphatic rings. The van der Waals surface area contributed by atoms with Gasteiger partial charge in [-0.05, 0) is 82.3 Å². The van der Waals surface area contributed by atoms with Crippen molar-refractivity contribution < 1.29 is 0 Å². The molecule has 0 saturated carbocycles. The fraction of sp³-hybridized carbons (Fsp3) is 0.265. The second kappa shape index (κ2) is 8.08. The molecule has 0 unspecified atom stereocenters. The molecule has 37 heavy (non-hydrogen) atoms. The number of fused-ring (bicyclic) bond motifs is 11. The average Bonchev–Trinajstić information content (AvgIpc) is 3.15. The Hall–Kier alpha value is -3.85. The molecule has 4 aromatic rings. The Morgan fingerprint density at radius 2 is 1.08 bits per heavy atom. The fourth-order valence-corrected chi connectivity index (χ4v) is 7.43. The van der Waals surface area contributed by atoms with Crippen molar-refractivity contribution >= 4 is 11.6 Å². The van der Waals surface area contributed by atoms with Crippen LogP contribution in [0.25, 0.3) is 22.3 Å². The van der Waals surface area contributed by atoms with E-state index in [0.29, 0.717) is 0 Å². The maximum atomic E-state index is 5.13. The lowest BCUT2D eigenvalue weighted by atomic mass is 9.70. The number of hydrogen-bond acceptors (Lipinski definition) is 3. The van der Waals surface area contributed by atoms with E-state index in [9.17, 15) is 0 Å². The fourth-order valence-electron chi connectivity index (χ4n) is 7.43. The van der Waals surface area contributed by atoms with Crippen LogP contribution < -0.4 is 4.90 Å². The summed E-state index contributed by atoms with van der Waals surface area (Å²) >= 11 is 0. The van der Waals surface area contributed by atoms with Gasteiger partial charge in [-0.2, -0.15) is 0 Å². The number of nitrogens with zero attached hydrogens (tertiary/aromatic N) is 3. The number of hydrogen-bond donors (Lipinski definition) is 0. The Balaban J connectivity index is 1.40. The monoisotopic (exact) mass is 481 g/mol. The van der Waals surface area contributed by atoms with Crippen LogP contribution in [0.3, 0.4) is 0 Å². The average molecular weight is 482 g/mol. The quantitative estimate of drug-likeness (QED) is 0.250. The third-order valence-corrected chi connectivity index (χ3v) is 8.97. The predicted molar refractivity (Wildman–Crippen MR) is 152 cm³/mol. The molecule has 1 fully saturated rings. The van der Waals surface area contributed by atoms with Crippen molar-refractivity contribution in [2.45, 2.75) is 31.1 Å². The Morgan fingerprint density at radius 3 is 1.73 bits per heavy atom. The molecule has 2 aliphatic carbocycles. The van der Waals surface area contributed by atoms with E-state index in [1.165, 1.54) is 81.8 Å². The molecule has 8 rings (SSSR count). The molecule has 0 aromatic heterocycles.